The number of carboxylic acids is 1. The smallest absolute Gasteiger partial charge is 0.421 e. The van der Waals surface area contributed by atoms with Crippen LogP contribution in [-0.4, -0.2) is 17.0 Å². The van der Waals surface area contributed by atoms with Crippen LogP contribution in [0.2, 0.25) is 0 Å². The van der Waals surface area contributed by atoms with E-state index in [0.717, 1.165) is 31.4 Å². The molecule has 0 saturated heterocycles. The Morgan fingerprint density at radius 2 is 1.79 bits per heavy atom. The predicted octanol–water partition coefficient (Wildman–Crippen LogP) is 5.59. The molecule has 4 N–H and O–H groups in total. The maximum atomic E-state index is 13.3. The lowest BCUT2D eigenvalue weighted by atomic mass is 10.0. The van der Waals surface area contributed by atoms with Crippen molar-refractivity contribution in [1.82, 2.24) is 5.32 Å². The van der Waals surface area contributed by atoms with E-state index in [-0.39, 0.29) is 23.8 Å². The van der Waals surface area contributed by atoms with Gasteiger partial charge in [0.25, 0.3) is 0 Å². The zero-order chi connectivity index (χ0) is 24.0. The van der Waals surface area contributed by atoms with Crippen LogP contribution >= 0.6 is 0 Å². The van der Waals surface area contributed by atoms with Crippen molar-refractivity contribution >= 4 is 23.6 Å². The number of nitrogens with two attached hydrogens (primary N) is 1. The molecule has 0 aromatic heterocycles. The molecule has 176 valence electrons. The second kappa shape index (κ2) is 10.4. The molecule has 0 spiro atoms. The van der Waals surface area contributed by atoms with Crippen LogP contribution in [0.5, 0.6) is 11.5 Å². The van der Waals surface area contributed by atoms with Gasteiger partial charge in [-0.1, -0.05) is 43.9 Å². The van der Waals surface area contributed by atoms with E-state index >= 15 is 0 Å². The summed E-state index contributed by atoms with van der Waals surface area (Å²) in [7, 11) is 0. The van der Waals surface area contributed by atoms with Crippen LogP contribution in [0.4, 0.5) is 18.9 Å². The van der Waals surface area contributed by atoms with Gasteiger partial charge in [-0.25, -0.2) is 4.79 Å². The number of carbonyl (C=O) groups is 2. The number of nitrogens with one attached hydrogen (secondary N) is 1. The molecule has 2 aromatic carbocycles. The molecule has 1 aliphatic rings. The first-order valence-electron chi connectivity index (χ1n) is 10.6. The van der Waals surface area contributed by atoms with Crippen molar-refractivity contribution in [2.45, 2.75) is 44.7 Å². The monoisotopic (exact) mass is 462 g/mol. The Morgan fingerprint density at radius 1 is 1.12 bits per heavy atom. The van der Waals surface area contributed by atoms with Gasteiger partial charge >= 0.3 is 12.1 Å². The van der Waals surface area contributed by atoms with Gasteiger partial charge in [0.1, 0.15) is 22.8 Å². The molecule has 2 aromatic rings. The minimum Gasteiger partial charge on any atom is -0.477 e. The van der Waals surface area contributed by atoms with E-state index < -0.39 is 29.1 Å². The Bertz CT molecular complexity index is 1030. The lowest BCUT2D eigenvalue weighted by molar-refractivity contribution is -0.138. The topological polar surface area (TPSA) is 102 Å². The third-order valence-corrected chi connectivity index (χ3v) is 5.52. The van der Waals surface area contributed by atoms with E-state index in [1.54, 1.807) is 0 Å². The maximum absolute atomic E-state index is 13.3. The van der Waals surface area contributed by atoms with E-state index in [2.05, 4.69) is 5.32 Å². The zero-order valence-corrected chi connectivity index (χ0v) is 17.8. The lowest BCUT2D eigenvalue weighted by Crippen LogP contribution is -2.27. The van der Waals surface area contributed by atoms with Crippen molar-refractivity contribution < 1.29 is 32.6 Å². The number of anilines is 1. The number of carbonyl (C=O) groups excluding carboxylic acids is 1. The third-order valence-electron chi connectivity index (χ3n) is 5.52. The summed E-state index contributed by atoms with van der Waals surface area (Å²) >= 11 is 0. The lowest BCUT2D eigenvalue weighted by Gasteiger charge is -2.15. The standard InChI is InChI=1S/C24H25F3N2O4/c25-24(26,27)22-18(28)6-3-7-20(22)33-17-11-8-16(9-12-17)14-19(23(31)32)29-21(30)13-10-15-4-1-2-5-15/h3,6-9,11-12,14-15H,1-2,4-5,10,13,28H2,(H,29,30)(H,31,32)/b19-14-. The number of carboxylic acid groups (broad SMARTS) is 1. The Hall–Kier alpha value is -3.49. The molecule has 1 fully saturated rings. The zero-order valence-electron chi connectivity index (χ0n) is 17.8. The summed E-state index contributed by atoms with van der Waals surface area (Å²) in [6.07, 6.45) is 2.12. The van der Waals surface area contributed by atoms with Gasteiger partial charge in [0.05, 0.1) is 0 Å². The van der Waals surface area contributed by atoms with E-state index in [9.17, 15) is 27.9 Å². The summed E-state index contributed by atoms with van der Waals surface area (Å²) in [5.41, 5.74) is 4.10. The number of rotatable bonds is 8. The fraction of sp³-hybridized carbons (Fsp3) is 0.333. The molecule has 0 atom stereocenters. The van der Waals surface area contributed by atoms with Gasteiger partial charge < -0.3 is 20.9 Å². The summed E-state index contributed by atoms with van der Waals surface area (Å²) in [6.45, 7) is 0. The minimum absolute atomic E-state index is 0.112. The van der Waals surface area contributed by atoms with Crippen LogP contribution in [0.15, 0.2) is 48.2 Å². The van der Waals surface area contributed by atoms with E-state index in [1.165, 1.54) is 49.2 Å². The first-order valence-corrected chi connectivity index (χ1v) is 10.6. The highest BCUT2D eigenvalue weighted by Gasteiger charge is 2.37. The molecule has 33 heavy (non-hydrogen) atoms. The van der Waals surface area contributed by atoms with E-state index in [1.807, 2.05) is 0 Å². The van der Waals surface area contributed by atoms with Crippen LogP contribution in [0.3, 0.4) is 0 Å². The average molecular weight is 462 g/mol. The Morgan fingerprint density at radius 3 is 2.39 bits per heavy atom. The quantitative estimate of drug-likeness (QED) is 0.351. The van der Waals surface area contributed by atoms with Crippen LogP contribution < -0.4 is 15.8 Å². The van der Waals surface area contributed by atoms with Crippen LogP contribution in [0.1, 0.15) is 49.7 Å². The second-order valence-corrected chi connectivity index (χ2v) is 7.99. The summed E-state index contributed by atoms with van der Waals surface area (Å²) in [5.74, 6) is -1.47. The molecule has 0 radical (unpaired) electrons. The molecule has 1 saturated carbocycles. The fourth-order valence-electron chi connectivity index (χ4n) is 3.86. The molecular weight excluding hydrogens is 437 g/mol. The summed E-state index contributed by atoms with van der Waals surface area (Å²) < 4.78 is 45.2. The highest BCUT2D eigenvalue weighted by molar-refractivity contribution is 5.96. The van der Waals surface area contributed by atoms with Gasteiger partial charge in [-0.05, 0) is 48.2 Å². The highest BCUT2D eigenvalue weighted by atomic mass is 19.4. The molecule has 0 unspecified atom stereocenters. The average Bonchev–Trinajstić information content (AvgIpc) is 3.26. The number of nitrogen functional groups attached to an aromatic ring is 1. The SMILES string of the molecule is Nc1cccc(Oc2ccc(/C=C(\NC(=O)CCC3CCCC3)C(=O)O)cc2)c1C(F)(F)F. The molecule has 6 nitrogen and oxygen atoms in total. The molecule has 1 aliphatic carbocycles. The number of hydrogen-bond donors (Lipinski definition) is 3. The van der Waals surface area contributed by atoms with Crippen molar-refractivity contribution in [3.05, 3.63) is 59.3 Å². The van der Waals surface area contributed by atoms with Gasteiger partial charge in [0.2, 0.25) is 5.91 Å². The third kappa shape index (κ3) is 6.74. The van der Waals surface area contributed by atoms with Crippen molar-refractivity contribution in [3.8, 4) is 11.5 Å². The number of hydrogen-bond acceptors (Lipinski definition) is 4. The van der Waals surface area contributed by atoms with Crippen molar-refractivity contribution in [2.24, 2.45) is 5.92 Å². The van der Waals surface area contributed by atoms with E-state index in [0.29, 0.717) is 11.5 Å². The number of aliphatic carboxylic acids is 1. The van der Waals surface area contributed by atoms with Crippen molar-refractivity contribution in [2.75, 3.05) is 5.73 Å². The van der Waals surface area contributed by atoms with Crippen molar-refractivity contribution in [3.63, 3.8) is 0 Å². The number of ether oxygens (including phenoxy) is 1. The molecule has 0 heterocycles. The van der Waals surface area contributed by atoms with Gasteiger partial charge in [-0.15, -0.1) is 0 Å². The Labute approximate surface area is 189 Å². The molecule has 1 amide bonds. The van der Waals surface area contributed by atoms with E-state index in [4.69, 9.17) is 10.5 Å². The van der Waals surface area contributed by atoms with Gasteiger partial charge in [-0.2, -0.15) is 13.2 Å². The highest BCUT2D eigenvalue weighted by Crippen LogP contribution is 2.41. The molecule has 0 bridgehead atoms. The maximum Gasteiger partial charge on any atom is 0.421 e. The van der Waals surface area contributed by atoms with Gasteiger partial charge in [0.15, 0.2) is 0 Å². The largest absolute Gasteiger partial charge is 0.477 e. The summed E-state index contributed by atoms with van der Waals surface area (Å²) in [6, 6.07) is 9.40. The molecular formula is C24H25F3N2O4. The van der Waals surface area contributed by atoms with Crippen LogP contribution in [-0.2, 0) is 15.8 Å². The summed E-state index contributed by atoms with van der Waals surface area (Å²) in [4.78, 5) is 23.7. The normalized spacial score (nSPS) is 14.8. The van der Waals surface area contributed by atoms with Crippen molar-refractivity contribution in [1.29, 1.82) is 0 Å². The predicted molar refractivity (Wildman–Crippen MR) is 117 cm³/mol. The van der Waals surface area contributed by atoms with Crippen LogP contribution in [0.25, 0.3) is 6.08 Å². The molecule has 0 aliphatic heterocycles. The van der Waals surface area contributed by atoms with Crippen LogP contribution in [0, 0.1) is 5.92 Å². The van der Waals surface area contributed by atoms with Gasteiger partial charge in [0, 0.05) is 12.1 Å². The summed E-state index contributed by atoms with van der Waals surface area (Å²) in [5, 5.41) is 11.8. The Kier molecular flexibility index (Phi) is 7.63. The molecule has 9 heteroatoms. The first-order chi connectivity index (χ1) is 15.6. The second-order valence-electron chi connectivity index (χ2n) is 7.99. The minimum atomic E-state index is -4.68. The molecule has 3 rings (SSSR count). The number of benzene rings is 2. The number of alkyl halides is 3. The van der Waals surface area contributed by atoms with Gasteiger partial charge in [-0.3, -0.25) is 4.79 Å². The Balaban J connectivity index is 1.68. The number of halogens is 3. The fourth-order valence-corrected chi connectivity index (χ4v) is 3.86. The first kappa shape index (κ1) is 24.2. The number of amides is 1.